The predicted octanol–water partition coefficient (Wildman–Crippen LogP) is 0.334. The average molecular weight is 225 g/mol. The van der Waals surface area contributed by atoms with Gasteiger partial charge in [-0.05, 0) is 6.92 Å². The van der Waals surface area contributed by atoms with E-state index >= 15 is 0 Å². The molecule has 0 unspecified atom stereocenters. The Labute approximate surface area is 93.4 Å². The minimum Gasteiger partial charge on any atom is -0.448 e. The lowest BCUT2D eigenvalue weighted by Crippen LogP contribution is -2.19. The molecule has 0 fully saturated rings. The number of nitrogens with two attached hydrogens (primary N) is 1. The Morgan fingerprint density at radius 2 is 2.38 bits per heavy atom. The Kier molecular flexibility index (Phi) is 4.31. The summed E-state index contributed by atoms with van der Waals surface area (Å²) >= 11 is 0. The highest BCUT2D eigenvalue weighted by molar-refractivity contribution is 5.64. The van der Waals surface area contributed by atoms with E-state index in [1.807, 2.05) is 6.92 Å². The highest BCUT2D eigenvalue weighted by atomic mass is 16.5. The summed E-state index contributed by atoms with van der Waals surface area (Å²) in [5, 5.41) is 5.85. The van der Waals surface area contributed by atoms with Gasteiger partial charge in [0.25, 0.3) is 0 Å². The molecule has 1 amide bonds. The van der Waals surface area contributed by atoms with E-state index in [2.05, 4.69) is 25.3 Å². The largest absolute Gasteiger partial charge is 0.448 e. The Bertz CT molecular complexity index is 369. The number of anilines is 2. The number of carbonyl (C=O) groups excluding carboxylic acids is 1. The number of rotatable bonds is 5. The first-order valence-electron chi connectivity index (χ1n) is 4.81. The van der Waals surface area contributed by atoms with Crippen molar-refractivity contribution in [3.8, 4) is 0 Å². The van der Waals surface area contributed by atoms with Crippen molar-refractivity contribution in [3.05, 3.63) is 11.8 Å². The third-order valence-corrected chi connectivity index (χ3v) is 1.83. The summed E-state index contributed by atoms with van der Waals surface area (Å²) < 4.78 is 4.58. The molecule has 0 aliphatic carbocycles. The van der Waals surface area contributed by atoms with E-state index in [1.165, 1.54) is 0 Å². The second kappa shape index (κ2) is 5.74. The molecule has 7 nitrogen and oxygen atoms in total. The first-order valence-corrected chi connectivity index (χ1v) is 4.81. The van der Waals surface area contributed by atoms with Gasteiger partial charge >= 0.3 is 6.09 Å². The van der Waals surface area contributed by atoms with Crippen molar-refractivity contribution in [2.45, 2.75) is 6.92 Å². The van der Waals surface area contributed by atoms with Gasteiger partial charge in [0.15, 0.2) is 0 Å². The Balaban J connectivity index is 2.49. The topological polar surface area (TPSA) is 102 Å². The molecule has 0 aliphatic rings. The maximum absolute atomic E-state index is 10.3. The monoisotopic (exact) mass is 225 g/mol. The second-order valence-electron chi connectivity index (χ2n) is 3.07. The number of hydrogen-bond acceptors (Lipinski definition) is 6. The van der Waals surface area contributed by atoms with Crippen LogP contribution in [0.25, 0.3) is 0 Å². The zero-order chi connectivity index (χ0) is 12.0. The van der Waals surface area contributed by atoms with Crippen molar-refractivity contribution in [1.29, 1.82) is 0 Å². The summed E-state index contributed by atoms with van der Waals surface area (Å²) in [5.74, 6) is 1.23. The number of ether oxygens (including phenoxy) is 1. The molecule has 0 saturated heterocycles. The van der Waals surface area contributed by atoms with Crippen molar-refractivity contribution < 1.29 is 9.53 Å². The van der Waals surface area contributed by atoms with E-state index < -0.39 is 6.09 Å². The number of primary amides is 1. The molecule has 4 N–H and O–H groups in total. The van der Waals surface area contributed by atoms with Gasteiger partial charge in [-0.3, -0.25) is 0 Å². The van der Waals surface area contributed by atoms with Gasteiger partial charge in [-0.15, -0.1) is 0 Å². The standard InChI is InChI=1S/C9H15N5O2/c1-6-5-13-9(11-2)14-7(6)12-3-4-16-8(10)15/h5H,3-4H2,1-2H3,(H2,10,15)(H2,11,12,13,14). The van der Waals surface area contributed by atoms with Crippen molar-refractivity contribution in [2.75, 3.05) is 30.8 Å². The van der Waals surface area contributed by atoms with Gasteiger partial charge in [-0.25, -0.2) is 9.78 Å². The Morgan fingerprint density at radius 1 is 1.62 bits per heavy atom. The normalized spacial score (nSPS) is 9.62. The lowest BCUT2D eigenvalue weighted by Gasteiger charge is -2.09. The van der Waals surface area contributed by atoms with E-state index in [9.17, 15) is 4.79 Å². The smallest absolute Gasteiger partial charge is 0.404 e. The molecule has 0 radical (unpaired) electrons. The van der Waals surface area contributed by atoms with Crippen LogP contribution < -0.4 is 16.4 Å². The van der Waals surface area contributed by atoms with Crippen molar-refractivity contribution in [2.24, 2.45) is 5.73 Å². The minimum atomic E-state index is -0.780. The molecule has 0 atom stereocenters. The predicted molar refractivity (Wildman–Crippen MR) is 60.3 cm³/mol. The molecule has 1 rings (SSSR count). The molecule has 0 aliphatic heterocycles. The van der Waals surface area contributed by atoms with Crippen LogP contribution in [0.15, 0.2) is 6.20 Å². The van der Waals surface area contributed by atoms with Gasteiger partial charge in [-0.1, -0.05) is 0 Å². The summed E-state index contributed by atoms with van der Waals surface area (Å²) in [7, 11) is 1.74. The molecule has 0 saturated carbocycles. The molecular weight excluding hydrogens is 210 g/mol. The van der Waals surface area contributed by atoms with E-state index in [1.54, 1.807) is 13.2 Å². The fourth-order valence-electron chi connectivity index (χ4n) is 1.06. The number of nitrogens with one attached hydrogen (secondary N) is 2. The molecular formula is C9H15N5O2. The lowest BCUT2D eigenvalue weighted by molar-refractivity contribution is 0.161. The maximum Gasteiger partial charge on any atom is 0.404 e. The summed E-state index contributed by atoms with van der Waals surface area (Å²) in [6.45, 7) is 2.54. The third kappa shape index (κ3) is 3.60. The van der Waals surface area contributed by atoms with Crippen molar-refractivity contribution in [3.63, 3.8) is 0 Å². The highest BCUT2D eigenvalue weighted by Crippen LogP contribution is 2.11. The summed E-state index contributed by atoms with van der Waals surface area (Å²) in [4.78, 5) is 18.6. The lowest BCUT2D eigenvalue weighted by atomic mass is 10.3. The van der Waals surface area contributed by atoms with Crippen LogP contribution >= 0.6 is 0 Å². The fourth-order valence-corrected chi connectivity index (χ4v) is 1.06. The zero-order valence-electron chi connectivity index (χ0n) is 9.28. The first-order chi connectivity index (χ1) is 7.63. The summed E-state index contributed by atoms with van der Waals surface area (Å²) in [6, 6.07) is 0. The SMILES string of the molecule is CNc1ncc(C)c(NCCOC(N)=O)n1. The van der Waals surface area contributed by atoms with Crippen molar-refractivity contribution in [1.82, 2.24) is 9.97 Å². The van der Waals surface area contributed by atoms with Gasteiger partial charge in [0.05, 0.1) is 6.54 Å². The maximum atomic E-state index is 10.3. The third-order valence-electron chi connectivity index (χ3n) is 1.83. The Morgan fingerprint density at radius 3 is 3.00 bits per heavy atom. The molecule has 0 aromatic carbocycles. The van der Waals surface area contributed by atoms with Gasteiger partial charge in [0.2, 0.25) is 5.95 Å². The van der Waals surface area contributed by atoms with E-state index in [0.717, 1.165) is 5.56 Å². The van der Waals surface area contributed by atoms with Crippen LogP contribution in [0.1, 0.15) is 5.56 Å². The number of amides is 1. The number of aromatic nitrogens is 2. The first kappa shape index (κ1) is 12.0. The number of aryl methyl sites for hydroxylation is 1. The molecule has 0 bridgehead atoms. The van der Waals surface area contributed by atoms with Gasteiger partial charge in [-0.2, -0.15) is 4.98 Å². The number of hydrogen-bond donors (Lipinski definition) is 3. The number of carbonyl (C=O) groups is 1. The van der Waals surface area contributed by atoms with Crippen LogP contribution in [0.4, 0.5) is 16.6 Å². The van der Waals surface area contributed by atoms with Crippen molar-refractivity contribution >= 4 is 17.9 Å². The van der Waals surface area contributed by atoms with Crippen LogP contribution in [0.2, 0.25) is 0 Å². The number of nitrogens with zero attached hydrogens (tertiary/aromatic N) is 2. The molecule has 1 aromatic heterocycles. The fraction of sp³-hybridized carbons (Fsp3) is 0.444. The van der Waals surface area contributed by atoms with Gasteiger partial charge in [0.1, 0.15) is 12.4 Å². The van der Waals surface area contributed by atoms with E-state index in [4.69, 9.17) is 5.73 Å². The quantitative estimate of drug-likeness (QED) is 0.624. The van der Waals surface area contributed by atoms with Gasteiger partial charge in [0, 0.05) is 18.8 Å². The van der Waals surface area contributed by atoms with Crippen LogP contribution in [0, 0.1) is 6.92 Å². The van der Waals surface area contributed by atoms with Crippen LogP contribution in [0.3, 0.4) is 0 Å². The highest BCUT2D eigenvalue weighted by Gasteiger charge is 2.02. The molecule has 1 aromatic rings. The second-order valence-corrected chi connectivity index (χ2v) is 3.07. The van der Waals surface area contributed by atoms with Crippen LogP contribution in [-0.2, 0) is 4.74 Å². The molecule has 7 heteroatoms. The minimum absolute atomic E-state index is 0.202. The average Bonchev–Trinajstić information content (AvgIpc) is 2.26. The van der Waals surface area contributed by atoms with E-state index in [-0.39, 0.29) is 6.61 Å². The van der Waals surface area contributed by atoms with E-state index in [0.29, 0.717) is 18.3 Å². The summed E-state index contributed by atoms with van der Waals surface area (Å²) in [6.07, 6.45) is 0.924. The summed E-state index contributed by atoms with van der Waals surface area (Å²) in [5.41, 5.74) is 5.74. The molecule has 1 heterocycles. The molecule has 0 spiro atoms. The van der Waals surface area contributed by atoms with Crippen LogP contribution in [-0.4, -0.2) is 36.3 Å². The zero-order valence-corrected chi connectivity index (χ0v) is 9.28. The Hall–Kier alpha value is -2.05. The molecule has 16 heavy (non-hydrogen) atoms. The van der Waals surface area contributed by atoms with Gasteiger partial charge < -0.3 is 21.1 Å². The molecule has 88 valence electrons. The van der Waals surface area contributed by atoms with Crippen LogP contribution in [0.5, 0.6) is 0 Å².